The Kier molecular flexibility index (Phi) is 5.48. The molecule has 0 aromatic heterocycles. The molecule has 4 N–H and O–H groups in total. The summed E-state index contributed by atoms with van der Waals surface area (Å²) in [5.41, 5.74) is 6.91. The third kappa shape index (κ3) is 4.89. The number of carbonyl (C=O) groups excluding carboxylic acids is 2. The predicted molar refractivity (Wildman–Crippen MR) is 111 cm³/mol. The number of sulfonamides is 1. The van der Waals surface area contributed by atoms with Gasteiger partial charge in [0.2, 0.25) is 15.9 Å². The van der Waals surface area contributed by atoms with Crippen molar-refractivity contribution in [3.8, 4) is 0 Å². The number of hydrazine groups is 1. The van der Waals surface area contributed by atoms with E-state index in [1.807, 2.05) is 6.07 Å². The fraction of sp³-hybridized carbons (Fsp3) is 0.263. The fourth-order valence-electron chi connectivity index (χ4n) is 2.77. The Morgan fingerprint density at radius 1 is 1.10 bits per heavy atom. The van der Waals surface area contributed by atoms with Gasteiger partial charge in [0.15, 0.2) is 0 Å². The van der Waals surface area contributed by atoms with E-state index in [1.165, 1.54) is 12.1 Å². The zero-order valence-electron chi connectivity index (χ0n) is 15.4. The highest BCUT2D eigenvalue weighted by Crippen LogP contribution is 2.31. The molecule has 1 heterocycles. The average molecular weight is 433 g/mol. The number of amides is 2. The lowest BCUT2D eigenvalue weighted by Gasteiger charge is -2.12. The lowest BCUT2D eigenvalue weighted by atomic mass is 10.2. The number of carbonyl (C=O) groups is 2. The topological polar surface area (TPSA) is 116 Å². The van der Waals surface area contributed by atoms with Crippen molar-refractivity contribution in [3.63, 3.8) is 0 Å². The fourth-order valence-corrected chi connectivity index (χ4v) is 5.01. The first kappa shape index (κ1) is 19.7. The van der Waals surface area contributed by atoms with Crippen LogP contribution in [0.1, 0.15) is 29.6 Å². The molecule has 8 nitrogen and oxygen atoms in total. The molecular weight excluding hydrogens is 412 g/mol. The van der Waals surface area contributed by atoms with Crippen molar-refractivity contribution in [1.29, 1.82) is 0 Å². The molecule has 0 saturated heterocycles. The van der Waals surface area contributed by atoms with Crippen LogP contribution in [0, 0.1) is 0 Å². The highest BCUT2D eigenvalue weighted by Gasteiger charge is 2.27. The maximum atomic E-state index is 12.4. The number of fused-ring (bicyclic) bond motifs is 1. The third-order valence-corrected chi connectivity index (χ3v) is 7.10. The zero-order valence-corrected chi connectivity index (χ0v) is 17.0. The third-order valence-electron chi connectivity index (χ3n) is 4.49. The number of rotatable bonds is 6. The molecule has 4 rings (SSSR count). The molecule has 29 heavy (non-hydrogen) atoms. The van der Waals surface area contributed by atoms with Crippen molar-refractivity contribution in [2.75, 3.05) is 16.5 Å². The Hall–Kier alpha value is -2.56. The summed E-state index contributed by atoms with van der Waals surface area (Å²) < 4.78 is 27.0. The smallest absolute Gasteiger partial charge is 0.269 e. The van der Waals surface area contributed by atoms with Crippen LogP contribution in [0.3, 0.4) is 0 Å². The van der Waals surface area contributed by atoms with Gasteiger partial charge in [-0.15, -0.1) is 11.8 Å². The molecule has 0 atom stereocenters. The van der Waals surface area contributed by atoms with E-state index < -0.39 is 10.0 Å². The number of benzene rings is 2. The van der Waals surface area contributed by atoms with E-state index in [4.69, 9.17) is 0 Å². The maximum Gasteiger partial charge on any atom is 0.269 e. The van der Waals surface area contributed by atoms with E-state index in [2.05, 4.69) is 20.9 Å². The van der Waals surface area contributed by atoms with Gasteiger partial charge in [-0.2, -0.15) is 0 Å². The normalized spacial score (nSPS) is 16.3. The highest BCUT2D eigenvalue weighted by molar-refractivity contribution is 7.99. The highest BCUT2D eigenvalue weighted by atomic mass is 32.2. The average Bonchev–Trinajstić information content (AvgIpc) is 3.52. The van der Waals surface area contributed by atoms with Crippen LogP contribution >= 0.6 is 11.8 Å². The molecule has 1 aliphatic heterocycles. The Morgan fingerprint density at radius 3 is 2.59 bits per heavy atom. The summed E-state index contributed by atoms with van der Waals surface area (Å²) in [6.45, 7) is 0. The minimum absolute atomic E-state index is 0.0428. The maximum absolute atomic E-state index is 12.4. The molecule has 2 aliphatic rings. The number of hydrogen-bond donors (Lipinski definition) is 4. The van der Waals surface area contributed by atoms with E-state index in [0.717, 1.165) is 17.7 Å². The number of anilines is 2. The van der Waals surface area contributed by atoms with Gasteiger partial charge in [0.25, 0.3) is 5.91 Å². The van der Waals surface area contributed by atoms with Crippen LogP contribution in [-0.2, 0) is 14.8 Å². The van der Waals surface area contributed by atoms with Crippen molar-refractivity contribution >= 4 is 45.0 Å². The predicted octanol–water partition coefficient (Wildman–Crippen LogP) is 2.32. The summed E-state index contributed by atoms with van der Waals surface area (Å²) in [7, 11) is -3.51. The van der Waals surface area contributed by atoms with Crippen LogP contribution in [-0.4, -0.2) is 32.0 Å². The molecule has 1 fully saturated rings. The van der Waals surface area contributed by atoms with Gasteiger partial charge in [-0.1, -0.05) is 0 Å². The molecule has 0 spiro atoms. The van der Waals surface area contributed by atoms with Crippen LogP contribution in [0.2, 0.25) is 0 Å². The Balaban J connectivity index is 1.39. The molecule has 1 aliphatic carbocycles. The van der Waals surface area contributed by atoms with Gasteiger partial charge in [-0.3, -0.25) is 20.4 Å². The molecule has 2 aromatic carbocycles. The monoisotopic (exact) mass is 432 g/mol. The molecule has 0 unspecified atom stereocenters. The van der Waals surface area contributed by atoms with E-state index in [1.54, 1.807) is 36.0 Å². The Bertz CT molecular complexity index is 1050. The van der Waals surface area contributed by atoms with Crippen molar-refractivity contribution in [3.05, 3.63) is 48.0 Å². The van der Waals surface area contributed by atoms with Gasteiger partial charge in [-0.05, 0) is 55.3 Å². The lowest BCUT2D eigenvalue weighted by molar-refractivity contribution is -0.115. The molecule has 0 radical (unpaired) electrons. The Morgan fingerprint density at radius 2 is 1.86 bits per heavy atom. The number of hydrogen-bond acceptors (Lipinski definition) is 6. The summed E-state index contributed by atoms with van der Waals surface area (Å²) in [6, 6.07) is 11.3. The number of thioether (sulfide) groups is 1. The SMILES string of the molecule is O=C1CCSc2ccc(C(=O)NNc3ccc(S(=O)(=O)NC4CC4)cc3)cc2N1. The van der Waals surface area contributed by atoms with Gasteiger partial charge >= 0.3 is 0 Å². The van der Waals surface area contributed by atoms with Gasteiger partial charge in [0.1, 0.15) is 0 Å². The van der Waals surface area contributed by atoms with E-state index in [-0.39, 0.29) is 22.8 Å². The van der Waals surface area contributed by atoms with Crippen LogP contribution in [0.5, 0.6) is 0 Å². The molecule has 1 saturated carbocycles. The molecule has 2 aromatic rings. The van der Waals surface area contributed by atoms with Crippen LogP contribution in [0.25, 0.3) is 0 Å². The molecule has 10 heteroatoms. The molecule has 2 amide bonds. The van der Waals surface area contributed by atoms with Crippen molar-refractivity contribution in [1.82, 2.24) is 10.1 Å². The Labute approximate surface area is 172 Å². The van der Waals surface area contributed by atoms with Crippen LogP contribution < -0.4 is 20.9 Å². The summed E-state index contributed by atoms with van der Waals surface area (Å²) >= 11 is 1.57. The van der Waals surface area contributed by atoms with Crippen LogP contribution in [0.15, 0.2) is 52.3 Å². The van der Waals surface area contributed by atoms with E-state index in [9.17, 15) is 18.0 Å². The van der Waals surface area contributed by atoms with Crippen molar-refractivity contribution < 1.29 is 18.0 Å². The van der Waals surface area contributed by atoms with Crippen molar-refractivity contribution in [2.45, 2.75) is 35.1 Å². The lowest BCUT2D eigenvalue weighted by Crippen LogP contribution is -2.29. The zero-order chi connectivity index (χ0) is 20.4. The van der Waals surface area contributed by atoms with Gasteiger partial charge in [-0.25, -0.2) is 13.1 Å². The second-order valence-corrected chi connectivity index (χ2v) is 9.71. The quantitative estimate of drug-likeness (QED) is 0.521. The standard InChI is InChI=1S/C19H20N4O4S2/c24-18-9-10-28-17-8-1-12(11-16(17)20-18)19(25)22-21-13-4-6-15(7-5-13)29(26,27)23-14-2-3-14/h1,4-8,11,14,21,23H,2-3,9-10H2,(H,20,24)(H,22,25). The first-order valence-corrected chi connectivity index (χ1v) is 11.6. The second-order valence-electron chi connectivity index (χ2n) is 6.86. The van der Waals surface area contributed by atoms with Crippen LogP contribution in [0.4, 0.5) is 11.4 Å². The van der Waals surface area contributed by atoms with Crippen molar-refractivity contribution in [2.24, 2.45) is 0 Å². The number of nitrogens with one attached hydrogen (secondary N) is 4. The van der Waals surface area contributed by atoms with E-state index in [0.29, 0.717) is 29.1 Å². The first-order chi connectivity index (χ1) is 13.9. The van der Waals surface area contributed by atoms with Gasteiger partial charge in [0.05, 0.1) is 16.3 Å². The molecular formula is C19H20N4O4S2. The summed E-state index contributed by atoms with van der Waals surface area (Å²) in [4.78, 5) is 25.2. The molecule has 0 bridgehead atoms. The van der Waals surface area contributed by atoms with E-state index >= 15 is 0 Å². The summed E-state index contributed by atoms with van der Waals surface area (Å²) in [6.07, 6.45) is 2.18. The van der Waals surface area contributed by atoms with Gasteiger partial charge in [0, 0.05) is 28.7 Å². The minimum atomic E-state index is -3.51. The van der Waals surface area contributed by atoms with Gasteiger partial charge < -0.3 is 5.32 Å². The summed E-state index contributed by atoms with van der Waals surface area (Å²) in [5, 5.41) is 2.81. The molecule has 152 valence electrons. The minimum Gasteiger partial charge on any atom is -0.325 e. The second kappa shape index (κ2) is 8.05. The largest absolute Gasteiger partial charge is 0.325 e. The summed E-state index contributed by atoms with van der Waals surface area (Å²) in [5.74, 6) is 0.259. The first-order valence-electron chi connectivity index (χ1n) is 9.16.